The Morgan fingerprint density at radius 2 is 1.65 bits per heavy atom. The Hall–Kier alpha value is -1.70. The van der Waals surface area contributed by atoms with Crippen LogP contribution in [0.5, 0.6) is 0 Å². The number of hydrogen-bond donors (Lipinski definition) is 0. The van der Waals surface area contributed by atoms with Gasteiger partial charge < -0.3 is 28.4 Å². The normalized spacial score (nSPS) is 35.6. The lowest BCUT2D eigenvalue weighted by Crippen LogP contribution is -2.49. The maximum atomic E-state index is 13.9. The van der Waals surface area contributed by atoms with Gasteiger partial charge in [-0.15, -0.1) is 0 Å². The fourth-order valence-corrected chi connectivity index (χ4v) is 6.53. The Morgan fingerprint density at radius 1 is 1.02 bits per heavy atom. The van der Waals surface area contributed by atoms with E-state index >= 15 is 0 Å². The van der Waals surface area contributed by atoms with Crippen molar-refractivity contribution >= 4 is 26.0 Å². The molecule has 0 bridgehead atoms. The zero-order chi connectivity index (χ0) is 29.9. The first-order chi connectivity index (χ1) is 18.3. The number of halogens is 3. The van der Waals surface area contributed by atoms with Gasteiger partial charge in [-0.3, -0.25) is 9.59 Å². The molecule has 0 aromatic rings. The average molecular weight is 595 g/mol. The van der Waals surface area contributed by atoms with E-state index in [4.69, 9.17) is 28.4 Å². The van der Waals surface area contributed by atoms with Gasteiger partial charge in [-0.1, -0.05) is 32.6 Å². The van der Waals surface area contributed by atoms with Crippen molar-refractivity contribution in [1.82, 2.24) is 0 Å². The average Bonchev–Trinajstić information content (AvgIpc) is 3.44. The summed E-state index contributed by atoms with van der Waals surface area (Å²) in [5, 5.41) is 0. The molecule has 0 radical (unpaired) electrons. The Morgan fingerprint density at radius 3 is 2.20 bits per heavy atom. The summed E-state index contributed by atoms with van der Waals surface area (Å²) in [4.78, 5) is 37.9. The summed E-state index contributed by atoms with van der Waals surface area (Å²) in [5.41, 5.74) is -3.33. The topological polar surface area (TPSA) is 107 Å². The minimum Gasteiger partial charge on any atom is -0.454 e. The van der Waals surface area contributed by atoms with Crippen LogP contribution in [0.4, 0.5) is 13.2 Å². The third-order valence-corrected chi connectivity index (χ3v) is 10.5. The lowest BCUT2D eigenvalue weighted by atomic mass is 9.85. The largest absolute Gasteiger partial charge is 0.454 e. The molecule has 1 spiro atoms. The summed E-state index contributed by atoms with van der Waals surface area (Å²) < 4.78 is 76.0. The molecule has 1 saturated carbocycles. The second-order valence-electron chi connectivity index (χ2n) is 13.5. The number of carbonyl (C=O) groups is 3. The van der Waals surface area contributed by atoms with Gasteiger partial charge in [0.15, 0.2) is 24.3 Å². The minimum atomic E-state index is -4.68. The SMILES string of the molecule is CCC(C)(C)C(=O)OC1C(=O)OC2C3OC4(CCC(C(=O)OC(C)(CC[Si](C)(C)C)C(F)(F)F)CC4)OC3OC12. The molecule has 3 heterocycles. The molecule has 0 aromatic carbocycles. The van der Waals surface area contributed by atoms with Crippen LogP contribution in [0.3, 0.4) is 0 Å². The minimum absolute atomic E-state index is 0.209. The van der Waals surface area contributed by atoms with Crippen LogP contribution in [0.25, 0.3) is 0 Å². The van der Waals surface area contributed by atoms with Crippen LogP contribution in [0.1, 0.15) is 66.2 Å². The van der Waals surface area contributed by atoms with Crippen LogP contribution in [-0.2, 0) is 42.8 Å². The van der Waals surface area contributed by atoms with Crippen molar-refractivity contribution < 1.29 is 56.0 Å². The molecule has 0 aromatic heterocycles. The molecule has 40 heavy (non-hydrogen) atoms. The second-order valence-corrected chi connectivity index (χ2v) is 19.2. The zero-order valence-corrected chi connectivity index (χ0v) is 25.2. The second kappa shape index (κ2) is 10.5. The van der Waals surface area contributed by atoms with Crippen molar-refractivity contribution in [2.24, 2.45) is 11.3 Å². The Balaban J connectivity index is 1.34. The van der Waals surface area contributed by atoms with Gasteiger partial charge in [0, 0.05) is 20.9 Å². The van der Waals surface area contributed by atoms with Crippen molar-refractivity contribution in [1.29, 1.82) is 0 Å². The smallest absolute Gasteiger partial charge is 0.428 e. The number of carbonyl (C=O) groups excluding carboxylic acids is 3. The molecule has 1 aliphatic carbocycles. The molecule has 9 nitrogen and oxygen atoms in total. The van der Waals surface area contributed by atoms with Gasteiger partial charge in [-0.25, -0.2) is 4.79 Å². The van der Waals surface area contributed by atoms with E-state index in [1.165, 1.54) is 0 Å². The summed E-state index contributed by atoms with van der Waals surface area (Å²) in [6.07, 6.45) is -8.12. The molecule has 4 fully saturated rings. The van der Waals surface area contributed by atoms with Crippen LogP contribution in [0.2, 0.25) is 25.7 Å². The molecule has 4 aliphatic rings. The van der Waals surface area contributed by atoms with E-state index in [0.29, 0.717) is 12.5 Å². The summed E-state index contributed by atoms with van der Waals surface area (Å²) in [5.74, 6) is -3.97. The molecule has 4 rings (SSSR count). The molecule has 3 aliphatic heterocycles. The van der Waals surface area contributed by atoms with Crippen molar-refractivity contribution in [3.63, 3.8) is 0 Å². The number of fused-ring (bicyclic) bond motifs is 3. The maximum absolute atomic E-state index is 13.9. The van der Waals surface area contributed by atoms with Crippen LogP contribution in [-0.4, -0.2) is 74.3 Å². The molecule has 0 N–H and O–H groups in total. The first-order valence-corrected chi connectivity index (χ1v) is 17.7. The molecule has 0 amide bonds. The first-order valence-electron chi connectivity index (χ1n) is 14.0. The van der Waals surface area contributed by atoms with Crippen LogP contribution >= 0.6 is 0 Å². The number of ether oxygens (including phenoxy) is 6. The van der Waals surface area contributed by atoms with E-state index in [9.17, 15) is 27.6 Å². The summed E-state index contributed by atoms with van der Waals surface area (Å²) >= 11 is 0. The number of hydrogen-bond acceptors (Lipinski definition) is 9. The van der Waals surface area contributed by atoms with E-state index in [0.717, 1.165) is 6.92 Å². The number of alkyl halides is 3. The lowest BCUT2D eigenvalue weighted by Gasteiger charge is -2.38. The van der Waals surface area contributed by atoms with E-state index in [1.807, 2.05) is 26.6 Å². The van der Waals surface area contributed by atoms with Crippen LogP contribution < -0.4 is 0 Å². The zero-order valence-electron chi connectivity index (χ0n) is 24.2. The highest BCUT2D eigenvalue weighted by Gasteiger charge is 2.66. The summed E-state index contributed by atoms with van der Waals surface area (Å²) in [6.45, 7) is 12.1. The third-order valence-electron chi connectivity index (χ3n) is 8.70. The van der Waals surface area contributed by atoms with Crippen molar-refractivity contribution in [2.75, 3.05) is 0 Å². The summed E-state index contributed by atoms with van der Waals surface area (Å²) in [6, 6.07) is 0.373. The lowest BCUT2D eigenvalue weighted by molar-refractivity contribution is -0.270. The molecular weight excluding hydrogens is 553 g/mol. The fraction of sp³-hybridized carbons (Fsp3) is 0.889. The highest BCUT2D eigenvalue weighted by Crippen LogP contribution is 2.50. The molecule has 228 valence electrons. The van der Waals surface area contributed by atoms with Gasteiger partial charge in [-0.2, -0.15) is 13.2 Å². The third kappa shape index (κ3) is 6.07. The number of esters is 3. The van der Waals surface area contributed by atoms with E-state index in [-0.39, 0.29) is 32.1 Å². The molecule has 13 heteroatoms. The Kier molecular flexibility index (Phi) is 8.23. The molecule has 6 atom stereocenters. The van der Waals surface area contributed by atoms with Gasteiger partial charge in [0.1, 0.15) is 6.10 Å². The van der Waals surface area contributed by atoms with E-state index < -0.39 is 85.6 Å². The molecule has 6 unspecified atom stereocenters. The van der Waals surface area contributed by atoms with Gasteiger partial charge in [-0.05, 0) is 46.5 Å². The van der Waals surface area contributed by atoms with Crippen LogP contribution in [0, 0.1) is 11.3 Å². The maximum Gasteiger partial charge on any atom is 0.428 e. The Labute approximate surface area is 233 Å². The predicted octanol–water partition coefficient (Wildman–Crippen LogP) is 4.88. The van der Waals surface area contributed by atoms with Gasteiger partial charge in [0.25, 0.3) is 0 Å². The van der Waals surface area contributed by atoms with E-state index in [1.54, 1.807) is 13.8 Å². The quantitative estimate of drug-likeness (QED) is 0.221. The predicted molar refractivity (Wildman–Crippen MR) is 136 cm³/mol. The highest BCUT2D eigenvalue weighted by atomic mass is 28.3. The van der Waals surface area contributed by atoms with Gasteiger partial charge >= 0.3 is 24.1 Å². The van der Waals surface area contributed by atoms with Crippen molar-refractivity contribution in [3.8, 4) is 0 Å². The first kappa shape index (κ1) is 31.2. The molecular formula is C27H41F3O9Si. The van der Waals surface area contributed by atoms with Gasteiger partial charge in [0.05, 0.1) is 11.3 Å². The van der Waals surface area contributed by atoms with Crippen LogP contribution in [0.15, 0.2) is 0 Å². The van der Waals surface area contributed by atoms with Crippen molar-refractivity contribution in [2.45, 2.75) is 140 Å². The van der Waals surface area contributed by atoms with Crippen molar-refractivity contribution in [3.05, 3.63) is 0 Å². The monoisotopic (exact) mass is 594 g/mol. The number of rotatable bonds is 8. The Bertz CT molecular complexity index is 1000. The van der Waals surface area contributed by atoms with Gasteiger partial charge in [0.2, 0.25) is 11.7 Å². The molecule has 3 saturated heterocycles. The summed E-state index contributed by atoms with van der Waals surface area (Å²) in [7, 11) is -1.80. The fourth-order valence-electron chi connectivity index (χ4n) is 5.30. The standard InChI is InChI=1S/C27H41F3O9Si/c1-8-24(2,3)23(33)36-18-16-17(34-21(18)32)19-22(35-16)39-26(37-19)11-9-15(10-12-26)20(31)38-25(4,27(28,29)30)13-14-40(5,6)7/h15-19,22H,8-14H2,1-7H3. The van der Waals surface area contributed by atoms with E-state index in [2.05, 4.69) is 0 Å². The highest BCUT2D eigenvalue weighted by molar-refractivity contribution is 6.76.